The highest BCUT2D eigenvalue weighted by Gasteiger charge is 2.25. The molecular formula is C25H35N3O4. The zero-order chi connectivity index (χ0) is 22.9. The number of carbonyl (C=O) groups excluding carboxylic acids is 1. The smallest absolute Gasteiger partial charge is 0.249 e. The van der Waals surface area contributed by atoms with Gasteiger partial charge in [0.05, 0.1) is 20.0 Å². The molecule has 7 heteroatoms. The number of nitrogens with zero attached hydrogens (tertiary/aromatic N) is 3. The molecule has 174 valence electrons. The Morgan fingerprint density at radius 1 is 1.09 bits per heavy atom. The maximum Gasteiger partial charge on any atom is 0.249 e. The lowest BCUT2D eigenvalue weighted by Crippen LogP contribution is -2.48. The van der Waals surface area contributed by atoms with Crippen molar-refractivity contribution in [3.8, 4) is 17.2 Å². The summed E-state index contributed by atoms with van der Waals surface area (Å²) < 4.78 is 16.8. The summed E-state index contributed by atoms with van der Waals surface area (Å²) in [7, 11) is 1.64. The molecule has 2 heterocycles. The minimum Gasteiger partial charge on any atom is -0.497 e. The Morgan fingerprint density at radius 3 is 2.53 bits per heavy atom. The molecule has 1 aromatic heterocycles. The van der Waals surface area contributed by atoms with E-state index >= 15 is 0 Å². The average molecular weight is 442 g/mol. The van der Waals surface area contributed by atoms with Gasteiger partial charge in [-0.25, -0.2) is 0 Å². The summed E-state index contributed by atoms with van der Waals surface area (Å²) in [4.78, 5) is 20.9. The molecule has 0 radical (unpaired) electrons. The molecule has 0 spiro atoms. The van der Waals surface area contributed by atoms with Crippen molar-refractivity contribution in [3.63, 3.8) is 0 Å². The molecule has 0 N–H and O–H groups in total. The van der Waals surface area contributed by atoms with Crippen LogP contribution in [0.1, 0.15) is 51.6 Å². The van der Waals surface area contributed by atoms with Crippen LogP contribution in [-0.4, -0.2) is 55.9 Å². The minimum absolute atomic E-state index is 0.0164. The van der Waals surface area contributed by atoms with E-state index in [-0.39, 0.29) is 12.5 Å². The number of amides is 1. The van der Waals surface area contributed by atoms with Crippen LogP contribution >= 0.6 is 0 Å². The molecule has 32 heavy (non-hydrogen) atoms. The van der Waals surface area contributed by atoms with E-state index in [1.165, 1.54) is 12.8 Å². The molecular weight excluding hydrogens is 406 g/mol. The molecule has 7 nitrogen and oxygen atoms in total. The van der Waals surface area contributed by atoms with Crippen molar-refractivity contribution in [2.75, 3.05) is 45.0 Å². The van der Waals surface area contributed by atoms with Crippen LogP contribution in [0.25, 0.3) is 0 Å². The third-order valence-electron chi connectivity index (χ3n) is 5.44. The van der Waals surface area contributed by atoms with Crippen LogP contribution in [0.15, 0.2) is 36.5 Å². The maximum absolute atomic E-state index is 12.4. The molecule has 1 saturated heterocycles. The molecule has 2 aliphatic rings. The van der Waals surface area contributed by atoms with Crippen molar-refractivity contribution in [2.45, 2.75) is 46.0 Å². The Labute approximate surface area is 191 Å². The standard InChI is InChI=1S/C23H29N3O4.C2H6/c1-3-29-15-23(27)26-10-4-9-25(16-26)18-11-20(28-2)13-21(12-18)30-19-7-8-22(24-14-19)17-5-6-17;1-2/h7-8,11-14,17H,3-6,9-10,15-16H2,1-2H3;1-2H3. The number of benzene rings is 1. The van der Waals surface area contributed by atoms with Gasteiger partial charge < -0.3 is 24.0 Å². The Bertz CT molecular complexity index is 868. The van der Waals surface area contributed by atoms with E-state index in [0.717, 1.165) is 30.9 Å². The van der Waals surface area contributed by atoms with E-state index in [4.69, 9.17) is 14.2 Å². The van der Waals surface area contributed by atoms with Gasteiger partial charge in [0.15, 0.2) is 0 Å². The largest absolute Gasteiger partial charge is 0.497 e. The number of pyridine rings is 1. The van der Waals surface area contributed by atoms with Crippen LogP contribution < -0.4 is 14.4 Å². The molecule has 1 aliphatic carbocycles. The van der Waals surface area contributed by atoms with Crippen LogP contribution in [0, 0.1) is 0 Å². The number of ether oxygens (including phenoxy) is 3. The summed E-state index contributed by atoms with van der Waals surface area (Å²) >= 11 is 0. The number of hydrogen-bond donors (Lipinski definition) is 0. The van der Waals surface area contributed by atoms with Gasteiger partial charge in [-0.3, -0.25) is 9.78 Å². The van der Waals surface area contributed by atoms with Crippen molar-refractivity contribution >= 4 is 11.6 Å². The number of hydrogen-bond acceptors (Lipinski definition) is 6. The van der Waals surface area contributed by atoms with Gasteiger partial charge in [0.1, 0.15) is 23.9 Å². The van der Waals surface area contributed by atoms with Gasteiger partial charge in [-0.15, -0.1) is 0 Å². The lowest BCUT2D eigenvalue weighted by molar-refractivity contribution is -0.136. The van der Waals surface area contributed by atoms with E-state index in [9.17, 15) is 4.79 Å². The third kappa shape index (κ3) is 6.36. The van der Waals surface area contributed by atoms with Gasteiger partial charge in [0.2, 0.25) is 5.91 Å². The predicted octanol–water partition coefficient (Wildman–Crippen LogP) is 4.82. The second-order valence-electron chi connectivity index (χ2n) is 7.71. The molecule has 1 aromatic carbocycles. The second kappa shape index (κ2) is 11.7. The van der Waals surface area contributed by atoms with Gasteiger partial charge >= 0.3 is 0 Å². The van der Waals surface area contributed by atoms with Crippen LogP contribution in [0.5, 0.6) is 17.2 Å². The first-order chi connectivity index (χ1) is 15.7. The van der Waals surface area contributed by atoms with Crippen molar-refractivity contribution < 1.29 is 19.0 Å². The molecule has 1 aliphatic heterocycles. The van der Waals surface area contributed by atoms with Crippen LogP contribution in [0.4, 0.5) is 5.69 Å². The predicted molar refractivity (Wildman–Crippen MR) is 126 cm³/mol. The highest BCUT2D eigenvalue weighted by Crippen LogP contribution is 2.39. The fourth-order valence-corrected chi connectivity index (χ4v) is 3.62. The second-order valence-corrected chi connectivity index (χ2v) is 7.71. The molecule has 2 aromatic rings. The maximum atomic E-state index is 12.4. The van der Waals surface area contributed by atoms with Crippen molar-refractivity contribution in [2.24, 2.45) is 0 Å². The lowest BCUT2D eigenvalue weighted by atomic mass is 10.2. The SMILES string of the molecule is CC.CCOCC(=O)N1CCCN(c2cc(OC)cc(Oc3ccc(C4CC4)nc3)c2)C1. The zero-order valence-corrected chi connectivity index (χ0v) is 19.7. The molecule has 1 saturated carbocycles. The topological polar surface area (TPSA) is 64.1 Å². The van der Waals surface area contributed by atoms with Crippen molar-refractivity contribution in [3.05, 3.63) is 42.2 Å². The zero-order valence-electron chi connectivity index (χ0n) is 19.7. The van der Waals surface area contributed by atoms with Gasteiger partial charge in [-0.1, -0.05) is 13.8 Å². The van der Waals surface area contributed by atoms with E-state index in [1.807, 2.05) is 56.0 Å². The Kier molecular flexibility index (Phi) is 8.73. The van der Waals surface area contributed by atoms with E-state index < -0.39 is 0 Å². The highest BCUT2D eigenvalue weighted by molar-refractivity contribution is 5.78. The van der Waals surface area contributed by atoms with Crippen LogP contribution in [-0.2, 0) is 9.53 Å². The minimum atomic E-state index is 0.0164. The summed E-state index contributed by atoms with van der Waals surface area (Å²) in [5.41, 5.74) is 2.10. The summed E-state index contributed by atoms with van der Waals surface area (Å²) in [6.07, 6.45) is 5.14. The normalized spacial score (nSPS) is 15.6. The Hall–Kier alpha value is -2.80. The summed E-state index contributed by atoms with van der Waals surface area (Å²) in [6.45, 7) is 8.69. The summed E-state index contributed by atoms with van der Waals surface area (Å²) in [5.74, 6) is 2.73. The van der Waals surface area contributed by atoms with E-state index in [0.29, 0.717) is 36.4 Å². The number of carbonyl (C=O) groups is 1. The molecule has 4 rings (SSSR count). The number of rotatable bonds is 8. The quantitative estimate of drug-likeness (QED) is 0.585. The third-order valence-corrected chi connectivity index (χ3v) is 5.44. The number of methoxy groups -OCH3 is 1. The van der Waals surface area contributed by atoms with Crippen molar-refractivity contribution in [1.82, 2.24) is 9.88 Å². The molecule has 0 bridgehead atoms. The van der Waals surface area contributed by atoms with Crippen LogP contribution in [0.3, 0.4) is 0 Å². The lowest BCUT2D eigenvalue weighted by Gasteiger charge is -2.37. The van der Waals surface area contributed by atoms with Gasteiger partial charge in [-0.2, -0.15) is 0 Å². The van der Waals surface area contributed by atoms with Crippen LogP contribution in [0.2, 0.25) is 0 Å². The Morgan fingerprint density at radius 2 is 1.88 bits per heavy atom. The van der Waals surface area contributed by atoms with E-state index in [2.05, 4.69) is 9.88 Å². The fourth-order valence-electron chi connectivity index (χ4n) is 3.62. The van der Waals surface area contributed by atoms with Gasteiger partial charge in [0.25, 0.3) is 0 Å². The first-order valence-electron chi connectivity index (χ1n) is 11.6. The van der Waals surface area contributed by atoms with E-state index in [1.54, 1.807) is 13.3 Å². The average Bonchev–Trinajstić information content (AvgIpc) is 3.70. The molecule has 1 amide bonds. The Balaban J connectivity index is 0.00000141. The molecule has 2 fully saturated rings. The molecule has 0 unspecified atom stereocenters. The first-order valence-corrected chi connectivity index (χ1v) is 11.6. The molecule has 0 atom stereocenters. The van der Waals surface area contributed by atoms with Crippen molar-refractivity contribution in [1.29, 1.82) is 0 Å². The fraction of sp³-hybridized carbons (Fsp3) is 0.520. The first kappa shape index (κ1) is 23.9. The monoisotopic (exact) mass is 441 g/mol. The van der Waals surface area contributed by atoms with Gasteiger partial charge in [-0.05, 0) is 38.3 Å². The van der Waals surface area contributed by atoms with Gasteiger partial charge in [0, 0.05) is 55.2 Å². The highest BCUT2D eigenvalue weighted by atomic mass is 16.5. The summed E-state index contributed by atoms with van der Waals surface area (Å²) in [5, 5.41) is 0. The number of anilines is 1. The summed E-state index contributed by atoms with van der Waals surface area (Å²) in [6, 6.07) is 9.82. The number of aromatic nitrogens is 1.